The minimum atomic E-state index is -0.180. The van der Waals surface area contributed by atoms with Gasteiger partial charge < -0.3 is 0 Å². The summed E-state index contributed by atoms with van der Waals surface area (Å²) in [5.41, 5.74) is 4.72. The molecule has 4 rings (SSSR count). The third-order valence-corrected chi connectivity index (χ3v) is 4.56. The van der Waals surface area contributed by atoms with Gasteiger partial charge in [0.05, 0.1) is 5.52 Å². The molecular formula is C21H19FN2. The van der Waals surface area contributed by atoms with Crippen molar-refractivity contribution in [2.75, 3.05) is 13.1 Å². The summed E-state index contributed by atoms with van der Waals surface area (Å²) in [4.78, 5) is 6.96. The maximum Gasteiger partial charge on any atom is 0.123 e. The Morgan fingerprint density at radius 1 is 1.04 bits per heavy atom. The number of rotatable bonds is 3. The number of halogens is 1. The summed E-state index contributed by atoms with van der Waals surface area (Å²) in [6, 6.07) is 17.2. The van der Waals surface area contributed by atoms with E-state index in [9.17, 15) is 4.39 Å². The SMILES string of the molecule is Fc1ccc(C2=CCN(Cc3cnc4ccccc4c3)CC2)cc1. The Morgan fingerprint density at radius 3 is 2.67 bits per heavy atom. The molecule has 24 heavy (non-hydrogen) atoms. The predicted molar refractivity (Wildman–Crippen MR) is 96.0 cm³/mol. The maximum absolute atomic E-state index is 13.0. The molecule has 0 atom stereocenters. The Bertz CT molecular complexity index is 884. The van der Waals surface area contributed by atoms with Crippen LogP contribution in [0.2, 0.25) is 0 Å². The number of benzene rings is 2. The van der Waals surface area contributed by atoms with Gasteiger partial charge in [0.1, 0.15) is 5.82 Å². The third kappa shape index (κ3) is 3.22. The van der Waals surface area contributed by atoms with Gasteiger partial charge in [0.15, 0.2) is 0 Å². The number of aromatic nitrogens is 1. The van der Waals surface area contributed by atoms with Gasteiger partial charge >= 0.3 is 0 Å². The van der Waals surface area contributed by atoms with Crippen LogP contribution in [0.4, 0.5) is 4.39 Å². The Balaban J connectivity index is 1.46. The quantitative estimate of drug-likeness (QED) is 0.698. The zero-order valence-electron chi connectivity index (χ0n) is 13.5. The highest BCUT2D eigenvalue weighted by atomic mass is 19.1. The van der Waals surface area contributed by atoms with E-state index in [1.807, 2.05) is 36.5 Å². The second-order valence-electron chi connectivity index (χ2n) is 6.26. The van der Waals surface area contributed by atoms with Crippen LogP contribution >= 0.6 is 0 Å². The van der Waals surface area contributed by atoms with Crippen molar-refractivity contribution in [3.63, 3.8) is 0 Å². The van der Waals surface area contributed by atoms with Crippen molar-refractivity contribution in [1.82, 2.24) is 9.88 Å². The predicted octanol–water partition coefficient (Wildman–Crippen LogP) is 4.66. The van der Waals surface area contributed by atoms with Gasteiger partial charge in [-0.05, 0) is 47.4 Å². The zero-order chi connectivity index (χ0) is 16.4. The first-order valence-corrected chi connectivity index (χ1v) is 8.29. The maximum atomic E-state index is 13.0. The van der Waals surface area contributed by atoms with Crippen LogP contribution in [-0.4, -0.2) is 23.0 Å². The second kappa shape index (κ2) is 6.54. The molecule has 3 aromatic rings. The molecule has 120 valence electrons. The minimum Gasteiger partial charge on any atom is -0.295 e. The fourth-order valence-corrected chi connectivity index (χ4v) is 3.24. The van der Waals surface area contributed by atoms with Crippen molar-refractivity contribution in [2.45, 2.75) is 13.0 Å². The smallest absolute Gasteiger partial charge is 0.123 e. The highest BCUT2D eigenvalue weighted by Crippen LogP contribution is 2.23. The van der Waals surface area contributed by atoms with Crippen LogP contribution in [0.15, 0.2) is 66.9 Å². The summed E-state index contributed by atoms with van der Waals surface area (Å²) < 4.78 is 13.0. The van der Waals surface area contributed by atoms with Gasteiger partial charge in [0, 0.05) is 31.2 Å². The molecule has 3 heteroatoms. The van der Waals surface area contributed by atoms with Crippen LogP contribution < -0.4 is 0 Å². The summed E-state index contributed by atoms with van der Waals surface area (Å²) in [6.45, 7) is 2.83. The molecule has 2 heterocycles. The second-order valence-corrected chi connectivity index (χ2v) is 6.26. The number of pyridine rings is 1. The van der Waals surface area contributed by atoms with Gasteiger partial charge in [-0.1, -0.05) is 36.4 Å². The topological polar surface area (TPSA) is 16.1 Å². The van der Waals surface area contributed by atoms with E-state index in [0.717, 1.165) is 37.1 Å². The van der Waals surface area contributed by atoms with Crippen LogP contribution in [0.1, 0.15) is 17.5 Å². The first kappa shape index (κ1) is 15.0. The van der Waals surface area contributed by atoms with E-state index >= 15 is 0 Å². The van der Waals surface area contributed by atoms with E-state index < -0.39 is 0 Å². The van der Waals surface area contributed by atoms with E-state index in [4.69, 9.17) is 0 Å². The van der Waals surface area contributed by atoms with Crippen molar-refractivity contribution in [2.24, 2.45) is 0 Å². The molecule has 0 spiro atoms. The molecule has 0 saturated carbocycles. The summed E-state index contributed by atoms with van der Waals surface area (Å²) in [7, 11) is 0. The van der Waals surface area contributed by atoms with E-state index in [0.29, 0.717) is 0 Å². The van der Waals surface area contributed by atoms with Crippen molar-refractivity contribution in [3.8, 4) is 0 Å². The molecular weight excluding hydrogens is 299 g/mol. The molecule has 0 N–H and O–H groups in total. The number of hydrogen-bond acceptors (Lipinski definition) is 2. The highest BCUT2D eigenvalue weighted by molar-refractivity contribution is 5.78. The lowest BCUT2D eigenvalue weighted by atomic mass is 9.99. The van der Waals surface area contributed by atoms with Gasteiger partial charge in [0.2, 0.25) is 0 Å². The van der Waals surface area contributed by atoms with Crippen LogP contribution in [0.5, 0.6) is 0 Å². The Hall–Kier alpha value is -2.52. The Labute approximate surface area is 141 Å². The number of fused-ring (bicyclic) bond motifs is 1. The van der Waals surface area contributed by atoms with E-state index in [2.05, 4.69) is 28.1 Å². The minimum absolute atomic E-state index is 0.180. The van der Waals surface area contributed by atoms with Gasteiger partial charge in [-0.25, -0.2) is 4.39 Å². The first-order chi connectivity index (χ1) is 11.8. The fourth-order valence-electron chi connectivity index (χ4n) is 3.24. The average Bonchev–Trinajstić information content (AvgIpc) is 2.63. The lowest BCUT2D eigenvalue weighted by Crippen LogP contribution is -2.28. The number of hydrogen-bond donors (Lipinski definition) is 0. The highest BCUT2D eigenvalue weighted by Gasteiger charge is 2.13. The lowest BCUT2D eigenvalue weighted by molar-refractivity contribution is 0.294. The summed E-state index contributed by atoms with van der Waals surface area (Å²) in [6.07, 6.45) is 5.22. The molecule has 0 unspecified atom stereocenters. The third-order valence-electron chi connectivity index (χ3n) is 4.56. The molecule has 2 nitrogen and oxygen atoms in total. The number of para-hydroxylation sites is 1. The van der Waals surface area contributed by atoms with Gasteiger partial charge in [0.25, 0.3) is 0 Å². The van der Waals surface area contributed by atoms with E-state index in [1.165, 1.54) is 28.7 Å². The molecule has 0 amide bonds. The molecule has 0 aliphatic carbocycles. The van der Waals surface area contributed by atoms with Crippen LogP contribution in [-0.2, 0) is 6.54 Å². The molecule has 0 radical (unpaired) electrons. The first-order valence-electron chi connectivity index (χ1n) is 8.29. The molecule has 2 aromatic carbocycles. The van der Waals surface area contributed by atoms with E-state index in [-0.39, 0.29) is 5.82 Å². The molecule has 1 aromatic heterocycles. The summed E-state index contributed by atoms with van der Waals surface area (Å²) >= 11 is 0. The monoisotopic (exact) mass is 318 g/mol. The fraction of sp³-hybridized carbons (Fsp3) is 0.190. The summed E-state index contributed by atoms with van der Waals surface area (Å²) in [5.74, 6) is -0.180. The standard InChI is InChI=1S/C21H19FN2/c22-20-7-5-17(6-8-20)18-9-11-24(12-10-18)15-16-13-19-3-1-2-4-21(19)23-14-16/h1-9,13-14H,10-12,15H2. The van der Waals surface area contributed by atoms with Crippen molar-refractivity contribution >= 4 is 16.5 Å². The van der Waals surface area contributed by atoms with E-state index in [1.54, 1.807) is 0 Å². The van der Waals surface area contributed by atoms with Crippen molar-refractivity contribution in [1.29, 1.82) is 0 Å². The Morgan fingerprint density at radius 2 is 1.88 bits per heavy atom. The normalized spacial score (nSPS) is 15.5. The Kier molecular flexibility index (Phi) is 4.09. The zero-order valence-corrected chi connectivity index (χ0v) is 13.5. The van der Waals surface area contributed by atoms with Gasteiger partial charge in [-0.15, -0.1) is 0 Å². The van der Waals surface area contributed by atoms with Gasteiger partial charge in [-0.3, -0.25) is 9.88 Å². The molecule has 1 aliphatic rings. The molecule has 0 saturated heterocycles. The molecule has 0 fully saturated rings. The van der Waals surface area contributed by atoms with Crippen molar-refractivity contribution < 1.29 is 4.39 Å². The van der Waals surface area contributed by atoms with Crippen LogP contribution in [0.25, 0.3) is 16.5 Å². The van der Waals surface area contributed by atoms with Crippen LogP contribution in [0, 0.1) is 5.82 Å². The van der Waals surface area contributed by atoms with Crippen LogP contribution in [0.3, 0.4) is 0 Å². The molecule has 1 aliphatic heterocycles. The lowest BCUT2D eigenvalue weighted by Gasteiger charge is -2.26. The van der Waals surface area contributed by atoms with Crippen molar-refractivity contribution in [3.05, 3.63) is 83.8 Å². The summed E-state index contributed by atoms with van der Waals surface area (Å²) in [5, 5.41) is 1.19. The molecule has 0 bridgehead atoms. The number of nitrogens with zero attached hydrogens (tertiary/aromatic N) is 2. The van der Waals surface area contributed by atoms with Gasteiger partial charge in [-0.2, -0.15) is 0 Å². The average molecular weight is 318 g/mol. The largest absolute Gasteiger partial charge is 0.295 e.